The van der Waals surface area contributed by atoms with Crippen molar-refractivity contribution in [3.05, 3.63) is 35.9 Å². The van der Waals surface area contributed by atoms with Crippen LogP contribution in [0.5, 0.6) is 0 Å². The lowest BCUT2D eigenvalue weighted by Crippen LogP contribution is -2.38. The Morgan fingerprint density at radius 3 is 2.30 bits per heavy atom. The van der Waals surface area contributed by atoms with E-state index in [1.165, 1.54) is 24.8 Å². The molecule has 0 aromatic heterocycles. The summed E-state index contributed by atoms with van der Waals surface area (Å²) < 4.78 is 0. The summed E-state index contributed by atoms with van der Waals surface area (Å²) in [6.45, 7) is 7.05. The smallest absolute Gasteiger partial charge is 0.0651 e. The van der Waals surface area contributed by atoms with Crippen molar-refractivity contribution >= 4 is 0 Å². The van der Waals surface area contributed by atoms with E-state index < -0.39 is 5.60 Å². The van der Waals surface area contributed by atoms with E-state index in [4.69, 9.17) is 0 Å². The molecule has 1 heteroatoms. The molecule has 0 radical (unpaired) electrons. The average molecular weight is 274 g/mol. The molecule has 1 aliphatic carbocycles. The minimum atomic E-state index is -0.420. The van der Waals surface area contributed by atoms with Crippen LogP contribution in [0.25, 0.3) is 0 Å². The van der Waals surface area contributed by atoms with E-state index in [1.807, 2.05) is 0 Å². The molecule has 1 saturated carbocycles. The number of hydrogen-bond acceptors (Lipinski definition) is 1. The fourth-order valence-corrected chi connectivity index (χ4v) is 3.50. The van der Waals surface area contributed by atoms with Crippen LogP contribution in [0.2, 0.25) is 0 Å². The van der Waals surface area contributed by atoms with Gasteiger partial charge in [0.05, 0.1) is 5.60 Å². The molecule has 1 nitrogen and oxygen atoms in total. The molecule has 0 aliphatic heterocycles. The Balaban J connectivity index is 1.85. The Morgan fingerprint density at radius 1 is 1.15 bits per heavy atom. The highest BCUT2D eigenvalue weighted by molar-refractivity contribution is 5.15. The Hall–Kier alpha value is -0.820. The summed E-state index contributed by atoms with van der Waals surface area (Å²) in [4.78, 5) is 0. The van der Waals surface area contributed by atoms with E-state index in [9.17, 15) is 5.11 Å². The highest BCUT2D eigenvalue weighted by Gasteiger charge is 2.37. The Kier molecular flexibility index (Phi) is 4.90. The average Bonchev–Trinajstić information content (AvgIpc) is 2.47. The standard InChI is InChI=1S/C19H30O/c1-4-18(2,3)17-11-14-19(20,15-12-17)13-10-16-8-6-5-7-9-16/h5-9,17,20H,4,10-15H2,1-3H3. The molecule has 0 saturated heterocycles. The molecule has 0 spiro atoms. The molecule has 20 heavy (non-hydrogen) atoms. The number of hydrogen-bond donors (Lipinski definition) is 1. The molecule has 0 atom stereocenters. The van der Waals surface area contributed by atoms with E-state index in [0.29, 0.717) is 5.41 Å². The van der Waals surface area contributed by atoms with E-state index >= 15 is 0 Å². The number of benzene rings is 1. The molecule has 1 fully saturated rings. The minimum Gasteiger partial charge on any atom is -0.390 e. The molecule has 1 N–H and O–H groups in total. The summed E-state index contributed by atoms with van der Waals surface area (Å²) in [6.07, 6.45) is 7.48. The molecule has 1 aromatic carbocycles. The topological polar surface area (TPSA) is 20.2 Å². The number of rotatable bonds is 5. The fourth-order valence-electron chi connectivity index (χ4n) is 3.50. The fraction of sp³-hybridized carbons (Fsp3) is 0.684. The summed E-state index contributed by atoms with van der Waals surface area (Å²) >= 11 is 0. The normalized spacial score (nSPS) is 27.5. The maximum atomic E-state index is 10.8. The summed E-state index contributed by atoms with van der Waals surface area (Å²) in [7, 11) is 0. The lowest BCUT2D eigenvalue weighted by atomic mass is 9.65. The van der Waals surface area contributed by atoms with Crippen molar-refractivity contribution in [2.24, 2.45) is 11.3 Å². The van der Waals surface area contributed by atoms with Crippen LogP contribution < -0.4 is 0 Å². The van der Waals surface area contributed by atoms with Gasteiger partial charge in [-0.3, -0.25) is 0 Å². The molecule has 1 aromatic rings. The van der Waals surface area contributed by atoms with Crippen molar-refractivity contribution < 1.29 is 5.11 Å². The van der Waals surface area contributed by atoms with Gasteiger partial charge in [0.1, 0.15) is 0 Å². The van der Waals surface area contributed by atoms with Gasteiger partial charge in [0.25, 0.3) is 0 Å². The minimum absolute atomic E-state index is 0.420. The predicted molar refractivity (Wildman–Crippen MR) is 85.7 cm³/mol. The number of aliphatic hydroxyl groups is 1. The van der Waals surface area contributed by atoms with Gasteiger partial charge in [0.15, 0.2) is 0 Å². The molecular formula is C19H30O. The molecular weight excluding hydrogens is 244 g/mol. The van der Waals surface area contributed by atoms with E-state index in [1.54, 1.807) is 0 Å². The maximum Gasteiger partial charge on any atom is 0.0651 e. The predicted octanol–water partition coefficient (Wildman–Crippen LogP) is 4.98. The summed E-state index contributed by atoms with van der Waals surface area (Å²) in [6, 6.07) is 10.5. The molecule has 112 valence electrons. The van der Waals surface area contributed by atoms with Crippen LogP contribution in [-0.4, -0.2) is 10.7 Å². The van der Waals surface area contributed by atoms with Gasteiger partial charge in [0, 0.05) is 0 Å². The first kappa shape index (κ1) is 15.6. The lowest BCUT2D eigenvalue weighted by Gasteiger charge is -2.42. The van der Waals surface area contributed by atoms with Crippen LogP contribution in [0.3, 0.4) is 0 Å². The molecule has 0 heterocycles. The Labute approximate surface area is 124 Å². The van der Waals surface area contributed by atoms with E-state index in [2.05, 4.69) is 51.1 Å². The number of aryl methyl sites for hydroxylation is 1. The van der Waals surface area contributed by atoms with Crippen molar-refractivity contribution in [2.75, 3.05) is 0 Å². The van der Waals surface area contributed by atoms with E-state index in [-0.39, 0.29) is 0 Å². The van der Waals surface area contributed by atoms with Gasteiger partial charge in [0.2, 0.25) is 0 Å². The van der Waals surface area contributed by atoms with Gasteiger partial charge >= 0.3 is 0 Å². The second kappa shape index (κ2) is 6.30. The first-order valence-electron chi connectivity index (χ1n) is 8.21. The largest absolute Gasteiger partial charge is 0.390 e. The van der Waals surface area contributed by atoms with Crippen molar-refractivity contribution in [1.29, 1.82) is 0 Å². The Morgan fingerprint density at radius 2 is 1.75 bits per heavy atom. The molecule has 0 unspecified atom stereocenters. The van der Waals surface area contributed by atoms with Crippen LogP contribution in [0, 0.1) is 11.3 Å². The third kappa shape index (κ3) is 3.85. The highest BCUT2D eigenvalue weighted by atomic mass is 16.3. The zero-order chi connectivity index (χ0) is 14.6. The van der Waals surface area contributed by atoms with Gasteiger partial charge in [-0.05, 0) is 55.4 Å². The highest BCUT2D eigenvalue weighted by Crippen LogP contribution is 2.44. The van der Waals surface area contributed by atoms with Crippen LogP contribution in [-0.2, 0) is 6.42 Å². The maximum absolute atomic E-state index is 10.8. The van der Waals surface area contributed by atoms with E-state index in [0.717, 1.165) is 31.6 Å². The van der Waals surface area contributed by atoms with Gasteiger partial charge < -0.3 is 5.11 Å². The van der Waals surface area contributed by atoms with Crippen LogP contribution in [0.1, 0.15) is 64.9 Å². The summed E-state index contributed by atoms with van der Waals surface area (Å²) in [5.41, 5.74) is 1.36. The quantitative estimate of drug-likeness (QED) is 0.803. The molecule has 0 amide bonds. The van der Waals surface area contributed by atoms with Crippen LogP contribution >= 0.6 is 0 Å². The molecule has 0 bridgehead atoms. The molecule has 2 rings (SSSR count). The van der Waals surface area contributed by atoms with Gasteiger partial charge in [-0.1, -0.05) is 57.5 Å². The van der Waals surface area contributed by atoms with Crippen LogP contribution in [0.4, 0.5) is 0 Å². The first-order chi connectivity index (χ1) is 9.45. The van der Waals surface area contributed by atoms with Crippen molar-refractivity contribution in [3.8, 4) is 0 Å². The van der Waals surface area contributed by atoms with Crippen molar-refractivity contribution in [1.82, 2.24) is 0 Å². The second-order valence-corrected chi connectivity index (χ2v) is 7.33. The zero-order valence-corrected chi connectivity index (χ0v) is 13.4. The summed E-state index contributed by atoms with van der Waals surface area (Å²) in [5, 5.41) is 10.8. The molecule has 1 aliphatic rings. The zero-order valence-electron chi connectivity index (χ0n) is 13.4. The third-order valence-corrected chi connectivity index (χ3v) is 5.65. The van der Waals surface area contributed by atoms with Gasteiger partial charge in [-0.2, -0.15) is 0 Å². The lowest BCUT2D eigenvalue weighted by molar-refractivity contribution is -0.0338. The van der Waals surface area contributed by atoms with Gasteiger partial charge in [-0.15, -0.1) is 0 Å². The first-order valence-corrected chi connectivity index (χ1v) is 8.21. The van der Waals surface area contributed by atoms with Crippen molar-refractivity contribution in [2.45, 2.75) is 71.3 Å². The summed E-state index contributed by atoms with van der Waals surface area (Å²) in [5.74, 6) is 0.782. The second-order valence-electron chi connectivity index (χ2n) is 7.33. The Bertz CT molecular complexity index is 399. The monoisotopic (exact) mass is 274 g/mol. The van der Waals surface area contributed by atoms with Crippen molar-refractivity contribution in [3.63, 3.8) is 0 Å². The SMILES string of the molecule is CCC(C)(C)C1CCC(O)(CCc2ccccc2)CC1. The van der Waals surface area contributed by atoms with Gasteiger partial charge in [-0.25, -0.2) is 0 Å². The third-order valence-electron chi connectivity index (χ3n) is 5.65. The van der Waals surface area contributed by atoms with Crippen LogP contribution in [0.15, 0.2) is 30.3 Å².